The first-order valence-electron chi connectivity index (χ1n) is 19.6. The molecule has 0 bridgehead atoms. The highest BCUT2D eigenvalue weighted by molar-refractivity contribution is 7.46. The largest absolute Gasteiger partial charge is 0.469 e. The van der Waals surface area contributed by atoms with Crippen molar-refractivity contribution in [3.8, 4) is 0 Å². The Hall–Kier alpha value is -1.47. The first-order valence-corrected chi connectivity index (χ1v) is 21.2. The van der Waals surface area contributed by atoms with E-state index in [-0.39, 0.29) is 19.4 Å². The van der Waals surface area contributed by atoms with Crippen LogP contribution >= 0.6 is 7.82 Å². The molecule has 0 aliphatic carbocycles. The minimum atomic E-state index is -4.76. The highest BCUT2D eigenvalue weighted by atomic mass is 31.2. The third kappa shape index (κ3) is 37.4. The summed E-state index contributed by atoms with van der Waals surface area (Å²) in [5, 5.41) is 0. The predicted molar refractivity (Wildman–Crippen MR) is 198 cm³/mol. The van der Waals surface area contributed by atoms with E-state index >= 15 is 0 Å². The monoisotopic (exact) mass is 701 g/mol. The lowest BCUT2D eigenvalue weighted by Crippen LogP contribution is -2.29. The van der Waals surface area contributed by atoms with Crippen LogP contribution in [0, 0.1) is 0 Å². The van der Waals surface area contributed by atoms with E-state index in [0.717, 1.165) is 32.1 Å². The van der Waals surface area contributed by atoms with Crippen LogP contribution in [0.5, 0.6) is 0 Å². The van der Waals surface area contributed by atoms with Gasteiger partial charge < -0.3 is 19.3 Å². The van der Waals surface area contributed by atoms with E-state index in [1.165, 1.54) is 128 Å². The van der Waals surface area contributed by atoms with Crippen LogP contribution < -0.4 is 0 Å². The number of unbranched alkanes of at least 4 members (excludes halogenated alkanes) is 22. The van der Waals surface area contributed by atoms with Gasteiger partial charge in [0.05, 0.1) is 6.61 Å². The third-order valence-electron chi connectivity index (χ3n) is 8.49. The number of carbonyl (C=O) groups excluding carboxylic acids is 2. The molecule has 1 unspecified atom stereocenters. The lowest BCUT2D eigenvalue weighted by molar-refractivity contribution is -0.161. The molecule has 0 amide bonds. The molecule has 0 aromatic rings. The number of hydrogen-bond donors (Lipinski definition) is 2. The Morgan fingerprint density at radius 1 is 0.542 bits per heavy atom. The van der Waals surface area contributed by atoms with Gasteiger partial charge in [-0.3, -0.25) is 14.1 Å². The van der Waals surface area contributed by atoms with Gasteiger partial charge >= 0.3 is 19.8 Å². The molecule has 0 heterocycles. The molecule has 9 heteroatoms. The van der Waals surface area contributed by atoms with E-state index in [9.17, 15) is 14.2 Å². The van der Waals surface area contributed by atoms with Gasteiger partial charge in [0.15, 0.2) is 6.10 Å². The van der Waals surface area contributed by atoms with E-state index in [1.807, 2.05) is 12.2 Å². The number of hydrogen-bond acceptors (Lipinski definition) is 6. The number of esters is 2. The molecule has 0 fully saturated rings. The molecule has 1 atom stereocenters. The van der Waals surface area contributed by atoms with Crippen LogP contribution in [0.3, 0.4) is 0 Å². The van der Waals surface area contributed by atoms with Crippen LogP contribution in [0.15, 0.2) is 24.3 Å². The first kappa shape index (κ1) is 46.5. The standard InChI is InChI=1S/C39H73O8P/c1-3-5-7-9-11-13-15-17-18-19-20-22-23-25-27-29-31-33-38(40)45-35-37(36-46-48(42,43)44)47-39(41)34-32-30-28-26-24-21-16-14-12-10-8-6-4-2/h21,24,28,30,37H,3-20,22-23,25-27,29,31-36H2,1-2H3,(H2,42,43,44)/b24-21+,30-28+. The number of rotatable bonds is 36. The predicted octanol–water partition coefficient (Wildman–Crippen LogP) is 11.6. The van der Waals surface area contributed by atoms with Gasteiger partial charge in [-0.15, -0.1) is 0 Å². The number of phosphoric acid groups is 1. The molecule has 48 heavy (non-hydrogen) atoms. The highest BCUT2D eigenvalue weighted by Crippen LogP contribution is 2.36. The Kier molecular flexibility index (Phi) is 34.3. The second-order valence-electron chi connectivity index (χ2n) is 13.3. The second-order valence-corrected chi connectivity index (χ2v) is 14.5. The van der Waals surface area contributed by atoms with Gasteiger partial charge in [-0.2, -0.15) is 0 Å². The fraction of sp³-hybridized carbons (Fsp3) is 0.846. The Labute approximate surface area is 294 Å². The summed E-state index contributed by atoms with van der Waals surface area (Å²) in [5.41, 5.74) is 0. The molecule has 0 aromatic carbocycles. The van der Waals surface area contributed by atoms with Crippen molar-refractivity contribution < 1.29 is 37.9 Å². The number of phosphoric ester groups is 1. The smallest absolute Gasteiger partial charge is 0.462 e. The average molecular weight is 701 g/mol. The maximum absolute atomic E-state index is 12.3. The van der Waals surface area contributed by atoms with Gasteiger partial charge in [0.25, 0.3) is 0 Å². The van der Waals surface area contributed by atoms with Crippen LogP contribution in [-0.4, -0.2) is 41.0 Å². The van der Waals surface area contributed by atoms with Crippen molar-refractivity contribution in [3.63, 3.8) is 0 Å². The van der Waals surface area contributed by atoms with E-state index in [0.29, 0.717) is 6.42 Å². The van der Waals surface area contributed by atoms with Crippen molar-refractivity contribution in [1.29, 1.82) is 0 Å². The van der Waals surface area contributed by atoms with Crippen molar-refractivity contribution in [2.24, 2.45) is 0 Å². The summed E-state index contributed by atoms with van der Waals surface area (Å²) < 4.78 is 26.2. The van der Waals surface area contributed by atoms with Crippen LogP contribution in [0.25, 0.3) is 0 Å². The molecule has 0 aliphatic rings. The Morgan fingerprint density at radius 2 is 0.979 bits per heavy atom. The minimum Gasteiger partial charge on any atom is -0.462 e. The number of carbonyl (C=O) groups is 2. The van der Waals surface area contributed by atoms with Gasteiger partial charge in [-0.1, -0.05) is 173 Å². The quantitative estimate of drug-likeness (QED) is 0.0287. The van der Waals surface area contributed by atoms with Crippen LogP contribution in [0.1, 0.15) is 194 Å². The summed E-state index contributed by atoms with van der Waals surface area (Å²) in [4.78, 5) is 42.7. The van der Waals surface area contributed by atoms with Crippen molar-refractivity contribution in [3.05, 3.63) is 24.3 Å². The molecule has 0 aliphatic heterocycles. The number of ether oxygens (including phenoxy) is 2. The number of allylic oxidation sites excluding steroid dienone is 4. The van der Waals surface area contributed by atoms with Gasteiger partial charge in [0.1, 0.15) is 6.61 Å². The summed E-state index contributed by atoms with van der Waals surface area (Å²) in [5.74, 6) is -0.956. The Bertz CT molecular complexity index is 838. The Morgan fingerprint density at radius 3 is 1.46 bits per heavy atom. The molecule has 0 rings (SSSR count). The summed E-state index contributed by atoms with van der Waals surface area (Å²) in [7, 11) is -4.76. The zero-order valence-corrected chi connectivity index (χ0v) is 31.8. The van der Waals surface area contributed by atoms with Gasteiger partial charge in [0, 0.05) is 12.8 Å². The zero-order valence-electron chi connectivity index (χ0n) is 30.9. The van der Waals surface area contributed by atoms with Crippen molar-refractivity contribution in [1.82, 2.24) is 0 Å². The van der Waals surface area contributed by atoms with Crippen molar-refractivity contribution >= 4 is 19.8 Å². The molecule has 0 aromatic heterocycles. The molecule has 0 spiro atoms. The van der Waals surface area contributed by atoms with Crippen LogP contribution in [0.2, 0.25) is 0 Å². The molecule has 0 radical (unpaired) electrons. The lowest BCUT2D eigenvalue weighted by Gasteiger charge is -2.18. The Balaban J connectivity index is 3.97. The van der Waals surface area contributed by atoms with E-state index in [4.69, 9.17) is 19.3 Å². The molecule has 8 nitrogen and oxygen atoms in total. The third-order valence-corrected chi connectivity index (χ3v) is 8.97. The van der Waals surface area contributed by atoms with Crippen molar-refractivity contribution in [2.75, 3.05) is 13.2 Å². The average Bonchev–Trinajstić information content (AvgIpc) is 3.05. The van der Waals surface area contributed by atoms with Gasteiger partial charge in [0.2, 0.25) is 0 Å². The summed E-state index contributed by atoms with van der Waals surface area (Å²) in [6.45, 7) is 3.63. The molecule has 2 N–H and O–H groups in total. The molecular weight excluding hydrogens is 627 g/mol. The van der Waals surface area contributed by atoms with Crippen LogP contribution in [-0.2, 0) is 28.2 Å². The fourth-order valence-electron chi connectivity index (χ4n) is 5.54. The normalized spacial score (nSPS) is 12.7. The summed E-state index contributed by atoms with van der Waals surface area (Å²) in [6.07, 6.45) is 39.2. The maximum atomic E-state index is 12.3. The highest BCUT2D eigenvalue weighted by Gasteiger charge is 2.22. The van der Waals surface area contributed by atoms with E-state index in [1.54, 1.807) is 0 Å². The SMILES string of the molecule is CCCCCCCC/C=C/C/C=C/CCC(=O)OC(COC(=O)CCCCCCCCCCCCCCCCCCC)COP(=O)(O)O. The van der Waals surface area contributed by atoms with Crippen molar-refractivity contribution in [2.45, 2.75) is 200 Å². The van der Waals surface area contributed by atoms with Crippen LogP contribution in [0.4, 0.5) is 0 Å². The second kappa shape index (κ2) is 35.4. The minimum absolute atomic E-state index is 0.109. The summed E-state index contributed by atoms with van der Waals surface area (Å²) >= 11 is 0. The molecule has 0 saturated carbocycles. The molecule has 0 saturated heterocycles. The summed E-state index contributed by atoms with van der Waals surface area (Å²) in [6, 6.07) is 0. The maximum Gasteiger partial charge on any atom is 0.469 e. The van der Waals surface area contributed by atoms with E-state index < -0.39 is 32.5 Å². The molecule has 282 valence electrons. The molecular formula is C39H73O8P. The first-order chi connectivity index (χ1) is 23.3. The van der Waals surface area contributed by atoms with E-state index in [2.05, 4.69) is 30.5 Å². The van der Waals surface area contributed by atoms with Gasteiger partial charge in [-0.25, -0.2) is 4.57 Å². The zero-order chi connectivity index (χ0) is 35.4. The topological polar surface area (TPSA) is 119 Å². The lowest BCUT2D eigenvalue weighted by atomic mass is 10.0. The van der Waals surface area contributed by atoms with Gasteiger partial charge in [-0.05, 0) is 32.1 Å². The fourth-order valence-corrected chi connectivity index (χ4v) is 5.90.